The lowest BCUT2D eigenvalue weighted by atomic mass is 9.99. The predicted molar refractivity (Wildman–Crippen MR) is 123 cm³/mol. The number of carbonyl (C=O) groups is 1. The molecule has 3 rings (SSSR count). The van der Waals surface area contributed by atoms with Gasteiger partial charge in [-0.2, -0.15) is 13.2 Å². The molecule has 1 unspecified atom stereocenters. The number of pyridine rings is 1. The molecule has 0 aliphatic heterocycles. The van der Waals surface area contributed by atoms with Crippen molar-refractivity contribution in [1.82, 2.24) is 9.72 Å². The second kappa shape index (κ2) is 9.77. The number of hydrogen-bond donors (Lipinski definition) is 0. The summed E-state index contributed by atoms with van der Waals surface area (Å²) in [6, 6.07) is 4.43. The number of esters is 1. The van der Waals surface area contributed by atoms with Crippen LogP contribution in [0.25, 0.3) is 11.1 Å². The Hall–Kier alpha value is -3.27. The van der Waals surface area contributed by atoms with Crippen LogP contribution in [-0.2, 0) is 22.1 Å². The van der Waals surface area contributed by atoms with Gasteiger partial charge in [-0.15, -0.1) is 0 Å². The van der Waals surface area contributed by atoms with Crippen molar-refractivity contribution < 1.29 is 32.0 Å². The Bertz CT molecular complexity index is 1290. The van der Waals surface area contributed by atoms with E-state index in [9.17, 15) is 22.8 Å². The lowest BCUT2D eigenvalue weighted by Gasteiger charge is -2.25. The number of hydrogen-bond acceptors (Lipinski definition) is 6. The summed E-state index contributed by atoms with van der Waals surface area (Å²) in [6.07, 6.45) is -3.61. The van der Waals surface area contributed by atoms with E-state index in [1.807, 2.05) is 0 Å². The van der Waals surface area contributed by atoms with E-state index in [0.717, 1.165) is 28.8 Å². The fraction of sp³-hybridized carbons (Fsp3) is 0.375. The highest BCUT2D eigenvalue weighted by atomic mass is 35.5. The fourth-order valence-corrected chi connectivity index (χ4v) is 3.67. The number of alkyl halides is 3. The van der Waals surface area contributed by atoms with Crippen molar-refractivity contribution in [3.05, 3.63) is 68.9 Å². The van der Waals surface area contributed by atoms with E-state index in [-0.39, 0.29) is 28.3 Å². The highest BCUT2D eigenvalue weighted by Crippen LogP contribution is 2.41. The zero-order valence-electron chi connectivity index (χ0n) is 19.7. The molecular formula is C24H24ClF3N2O5. The van der Waals surface area contributed by atoms with E-state index in [2.05, 4.69) is 5.16 Å². The largest absolute Gasteiger partial charge is 0.495 e. The third-order valence-corrected chi connectivity index (χ3v) is 5.16. The highest BCUT2D eigenvalue weighted by molar-refractivity contribution is 6.30. The lowest BCUT2D eigenvalue weighted by Crippen LogP contribution is -2.36. The van der Waals surface area contributed by atoms with E-state index in [4.69, 9.17) is 25.6 Å². The first-order chi connectivity index (χ1) is 16.2. The third-order valence-electron chi connectivity index (χ3n) is 4.93. The van der Waals surface area contributed by atoms with Crippen molar-refractivity contribution in [1.29, 1.82) is 0 Å². The molecule has 0 spiro atoms. The van der Waals surface area contributed by atoms with E-state index < -0.39 is 34.9 Å². The number of carbonyl (C=O) groups excluding carboxylic acids is 1. The second-order valence-electron chi connectivity index (χ2n) is 8.88. The number of aryl methyl sites for hydroxylation is 1. The van der Waals surface area contributed by atoms with E-state index in [0.29, 0.717) is 11.5 Å². The zero-order valence-corrected chi connectivity index (χ0v) is 20.5. The predicted octanol–water partition coefficient (Wildman–Crippen LogP) is 5.62. The molecule has 0 N–H and O–H groups in total. The molecule has 7 nitrogen and oxygen atoms in total. The number of halogens is 4. The Kier molecular flexibility index (Phi) is 7.35. The normalized spacial score (nSPS) is 12.9. The van der Waals surface area contributed by atoms with Crippen LogP contribution in [0.2, 0.25) is 5.02 Å². The fourth-order valence-electron chi connectivity index (χ4n) is 3.50. The molecule has 0 saturated heterocycles. The molecule has 1 atom stereocenters. The number of methoxy groups -OCH3 is 1. The molecule has 0 fully saturated rings. The maximum Gasteiger partial charge on any atom is 0.417 e. The molecule has 35 heavy (non-hydrogen) atoms. The third kappa shape index (κ3) is 6.25. The van der Waals surface area contributed by atoms with Crippen molar-refractivity contribution in [2.45, 2.75) is 51.9 Å². The topological polar surface area (TPSA) is 83.6 Å². The second-order valence-corrected chi connectivity index (χ2v) is 9.31. The molecule has 0 aliphatic rings. The van der Waals surface area contributed by atoms with Crippen molar-refractivity contribution in [2.24, 2.45) is 0 Å². The van der Waals surface area contributed by atoms with Gasteiger partial charge in [-0.25, -0.2) is 4.79 Å². The van der Waals surface area contributed by atoms with Crippen LogP contribution in [0.4, 0.5) is 13.2 Å². The molecule has 188 valence electrons. The Labute approximate surface area is 204 Å². The summed E-state index contributed by atoms with van der Waals surface area (Å²) < 4.78 is 58.1. The van der Waals surface area contributed by atoms with Gasteiger partial charge in [-0.1, -0.05) is 16.8 Å². The quantitative estimate of drug-likeness (QED) is 0.399. The van der Waals surface area contributed by atoms with E-state index >= 15 is 0 Å². The van der Waals surface area contributed by atoms with Gasteiger partial charge >= 0.3 is 12.1 Å². The van der Waals surface area contributed by atoms with Gasteiger partial charge in [0, 0.05) is 29.1 Å². The van der Waals surface area contributed by atoms with Crippen LogP contribution in [0.5, 0.6) is 5.75 Å². The molecule has 3 aromatic rings. The molecule has 0 aliphatic carbocycles. The van der Waals surface area contributed by atoms with E-state index in [1.54, 1.807) is 33.8 Å². The van der Waals surface area contributed by atoms with Gasteiger partial charge in [0.2, 0.25) is 0 Å². The Morgan fingerprint density at radius 2 is 1.86 bits per heavy atom. The number of nitrogens with zero attached hydrogens (tertiary/aromatic N) is 2. The number of ether oxygens (including phenoxy) is 2. The summed E-state index contributed by atoms with van der Waals surface area (Å²) in [7, 11) is 1.24. The summed E-state index contributed by atoms with van der Waals surface area (Å²) in [4.78, 5) is 26.2. The van der Waals surface area contributed by atoms with Crippen molar-refractivity contribution in [2.75, 3.05) is 7.11 Å². The average Bonchev–Trinajstić information content (AvgIpc) is 3.14. The van der Waals surface area contributed by atoms with Crippen LogP contribution in [-0.4, -0.2) is 28.4 Å². The number of benzene rings is 1. The highest BCUT2D eigenvalue weighted by Gasteiger charge is 2.35. The molecule has 0 saturated carbocycles. The summed E-state index contributed by atoms with van der Waals surface area (Å²) in [6.45, 7) is 6.71. The van der Waals surface area contributed by atoms with Gasteiger partial charge in [0.15, 0.2) is 0 Å². The molecule has 0 bridgehead atoms. The Morgan fingerprint density at radius 3 is 2.40 bits per heavy atom. The first kappa shape index (κ1) is 26.3. The van der Waals surface area contributed by atoms with Gasteiger partial charge in [0.05, 0.1) is 24.6 Å². The van der Waals surface area contributed by atoms with Gasteiger partial charge in [0.1, 0.15) is 23.2 Å². The average molecular weight is 513 g/mol. The van der Waals surface area contributed by atoms with E-state index in [1.165, 1.54) is 13.3 Å². The van der Waals surface area contributed by atoms with Gasteiger partial charge < -0.3 is 14.0 Å². The molecule has 0 amide bonds. The number of aromatic nitrogens is 2. The van der Waals surface area contributed by atoms with Crippen molar-refractivity contribution in [3.8, 4) is 16.9 Å². The minimum Gasteiger partial charge on any atom is -0.495 e. The SMILES string of the molecule is COc1cn(C(Cc2cc(C)no2)C(=O)OC(C)(C)C)c(=O)cc1-c1cc(Cl)ccc1C(F)(F)F. The van der Waals surface area contributed by atoms with Crippen molar-refractivity contribution in [3.63, 3.8) is 0 Å². The maximum atomic E-state index is 13.7. The Balaban J connectivity index is 2.18. The van der Waals surface area contributed by atoms with Crippen LogP contribution in [0.1, 0.15) is 43.8 Å². The van der Waals surface area contributed by atoms with Crippen molar-refractivity contribution >= 4 is 17.6 Å². The smallest absolute Gasteiger partial charge is 0.417 e. The first-order valence-corrected chi connectivity index (χ1v) is 10.9. The Morgan fingerprint density at radius 1 is 1.17 bits per heavy atom. The lowest BCUT2D eigenvalue weighted by molar-refractivity contribution is -0.159. The summed E-state index contributed by atoms with van der Waals surface area (Å²) in [5, 5.41) is 3.84. The monoisotopic (exact) mass is 512 g/mol. The molecule has 0 radical (unpaired) electrons. The minimum absolute atomic E-state index is 0.0477. The van der Waals surface area contributed by atoms with Gasteiger partial charge in [-0.3, -0.25) is 9.36 Å². The molecule has 1 aromatic carbocycles. The minimum atomic E-state index is -4.71. The molecule has 2 heterocycles. The van der Waals surface area contributed by atoms with Crippen LogP contribution < -0.4 is 10.3 Å². The number of rotatable bonds is 6. The maximum absolute atomic E-state index is 13.7. The molecular weight excluding hydrogens is 489 g/mol. The van der Waals surface area contributed by atoms with Crippen LogP contribution in [0.3, 0.4) is 0 Å². The van der Waals surface area contributed by atoms with Crippen LogP contribution in [0.15, 0.2) is 45.8 Å². The standard InChI is InChI=1S/C24H24ClF3N2O5/c1-13-8-15(35-29-13)10-19(22(32)34-23(2,3)4)30-12-20(33-5)17(11-21(30)31)16-9-14(25)6-7-18(16)24(26,27)28/h6-9,11-12,19H,10H2,1-5H3. The van der Waals surface area contributed by atoms with Crippen LogP contribution in [0, 0.1) is 6.92 Å². The molecule has 11 heteroatoms. The van der Waals surface area contributed by atoms with Gasteiger partial charge in [0.25, 0.3) is 5.56 Å². The zero-order chi connectivity index (χ0) is 26.1. The van der Waals surface area contributed by atoms with Crippen LogP contribution >= 0.6 is 11.6 Å². The van der Waals surface area contributed by atoms with Gasteiger partial charge in [-0.05, 0) is 51.5 Å². The molecule has 2 aromatic heterocycles. The summed E-state index contributed by atoms with van der Waals surface area (Å²) in [5.74, 6) is -0.482. The first-order valence-electron chi connectivity index (χ1n) is 10.5. The summed E-state index contributed by atoms with van der Waals surface area (Å²) in [5.41, 5.74) is -2.47. The summed E-state index contributed by atoms with van der Waals surface area (Å²) >= 11 is 5.96.